The summed E-state index contributed by atoms with van der Waals surface area (Å²) < 4.78 is 11.5. The smallest absolute Gasteiger partial charge is 0.134 e. The SMILES string of the molecule is CCCNCC(COC)Oc1cc(C)ccc1C(C)C. The summed E-state index contributed by atoms with van der Waals surface area (Å²) in [5.41, 5.74) is 2.48. The number of benzene rings is 1. The molecule has 0 amide bonds. The largest absolute Gasteiger partial charge is 0.486 e. The molecule has 0 spiro atoms. The Balaban J connectivity index is 2.78. The van der Waals surface area contributed by atoms with E-state index in [-0.39, 0.29) is 6.10 Å². The second kappa shape index (κ2) is 8.98. The molecule has 1 aromatic rings. The van der Waals surface area contributed by atoms with Crippen molar-refractivity contribution in [3.8, 4) is 5.75 Å². The van der Waals surface area contributed by atoms with Gasteiger partial charge in [-0.15, -0.1) is 0 Å². The highest BCUT2D eigenvalue weighted by atomic mass is 16.5. The lowest BCUT2D eigenvalue weighted by atomic mass is 10.0. The molecule has 3 heteroatoms. The number of nitrogens with one attached hydrogen (secondary N) is 1. The highest BCUT2D eigenvalue weighted by Crippen LogP contribution is 2.28. The van der Waals surface area contributed by atoms with Crippen molar-refractivity contribution in [2.45, 2.75) is 46.1 Å². The van der Waals surface area contributed by atoms with Gasteiger partial charge in [0, 0.05) is 13.7 Å². The summed E-state index contributed by atoms with van der Waals surface area (Å²) in [7, 11) is 1.72. The van der Waals surface area contributed by atoms with Crippen molar-refractivity contribution in [1.29, 1.82) is 0 Å². The molecular weight excluding hydrogens is 250 g/mol. The van der Waals surface area contributed by atoms with E-state index in [4.69, 9.17) is 9.47 Å². The van der Waals surface area contributed by atoms with Crippen LogP contribution in [0.2, 0.25) is 0 Å². The summed E-state index contributed by atoms with van der Waals surface area (Å²) in [6.45, 7) is 11.1. The third kappa shape index (κ3) is 5.51. The van der Waals surface area contributed by atoms with Crippen molar-refractivity contribution < 1.29 is 9.47 Å². The summed E-state index contributed by atoms with van der Waals surface area (Å²) in [5.74, 6) is 1.44. The van der Waals surface area contributed by atoms with E-state index >= 15 is 0 Å². The molecule has 1 N–H and O–H groups in total. The first kappa shape index (κ1) is 17.0. The Kier molecular flexibility index (Phi) is 7.63. The minimum atomic E-state index is 0.0471. The minimum Gasteiger partial charge on any atom is -0.486 e. The van der Waals surface area contributed by atoms with Gasteiger partial charge in [-0.2, -0.15) is 0 Å². The fourth-order valence-corrected chi connectivity index (χ4v) is 2.16. The molecule has 114 valence electrons. The lowest BCUT2D eigenvalue weighted by Crippen LogP contribution is -2.35. The Hall–Kier alpha value is -1.06. The fourth-order valence-electron chi connectivity index (χ4n) is 2.16. The van der Waals surface area contributed by atoms with Gasteiger partial charge >= 0.3 is 0 Å². The average Bonchev–Trinajstić information content (AvgIpc) is 2.39. The van der Waals surface area contributed by atoms with Crippen LogP contribution < -0.4 is 10.1 Å². The number of rotatable bonds is 9. The molecule has 0 aliphatic rings. The maximum Gasteiger partial charge on any atom is 0.134 e. The van der Waals surface area contributed by atoms with Crippen LogP contribution in [-0.2, 0) is 4.74 Å². The second-order valence-corrected chi connectivity index (χ2v) is 5.60. The Morgan fingerprint density at radius 2 is 2.00 bits per heavy atom. The maximum atomic E-state index is 6.19. The van der Waals surface area contributed by atoms with Crippen LogP contribution in [0.15, 0.2) is 18.2 Å². The molecule has 0 saturated heterocycles. The molecule has 0 fully saturated rings. The van der Waals surface area contributed by atoms with Gasteiger partial charge in [0.05, 0.1) is 6.61 Å². The first-order valence-electron chi connectivity index (χ1n) is 7.55. The second-order valence-electron chi connectivity index (χ2n) is 5.60. The number of methoxy groups -OCH3 is 1. The van der Waals surface area contributed by atoms with Crippen molar-refractivity contribution in [1.82, 2.24) is 5.32 Å². The topological polar surface area (TPSA) is 30.5 Å². The highest BCUT2D eigenvalue weighted by molar-refractivity contribution is 5.39. The number of hydrogen-bond acceptors (Lipinski definition) is 3. The predicted molar refractivity (Wildman–Crippen MR) is 84.7 cm³/mol. The van der Waals surface area contributed by atoms with Crippen molar-refractivity contribution in [3.63, 3.8) is 0 Å². The molecule has 0 heterocycles. The molecule has 3 nitrogen and oxygen atoms in total. The van der Waals surface area contributed by atoms with Crippen molar-refractivity contribution >= 4 is 0 Å². The molecule has 1 rings (SSSR count). The molecule has 1 atom stereocenters. The summed E-state index contributed by atoms with van der Waals surface area (Å²) in [6, 6.07) is 6.43. The van der Waals surface area contributed by atoms with Crippen LogP contribution in [-0.4, -0.2) is 32.9 Å². The van der Waals surface area contributed by atoms with E-state index in [1.165, 1.54) is 11.1 Å². The van der Waals surface area contributed by atoms with Gasteiger partial charge in [-0.25, -0.2) is 0 Å². The minimum absolute atomic E-state index is 0.0471. The molecule has 0 aliphatic heterocycles. The Morgan fingerprint density at radius 1 is 1.25 bits per heavy atom. The number of hydrogen-bond donors (Lipinski definition) is 1. The van der Waals surface area contributed by atoms with Crippen molar-refractivity contribution in [2.24, 2.45) is 0 Å². The highest BCUT2D eigenvalue weighted by Gasteiger charge is 2.14. The monoisotopic (exact) mass is 279 g/mol. The van der Waals surface area contributed by atoms with E-state index in [0.29, 0.717) is 12.5 Å². The van der Waals surface area contributed by atoms with Crippen LogP contribution in [0, 0.1) is 6.92 Å². The maximum absolute atomic E-state index is 6.19. The van der Waals surface area contributed by atoms with E-state index in [2.05, 4.69) is 51.2 Å². The molecule has 0 aromatic heterocycles. The first-order valence-corrected chi connectivity index (χ1v) is 7.55. The van der Waals surface area contributed by atoms with Crippen LogP contribution in [0.3, 0.4) is 0 Å². The van der Waals surface area contributed by atoms with Crippen LogP contribution in [0.5, 0.6) is 5.75 Å². The summed E-state index contributed by atoms with van der Waals surface area (Å²) in [4.78, 5) is 0. The van der Waals surface area contributed by atoms with Gasteiger partial charge in [-0.3, -0.25) is 0 Å². The standard InChI is InChI=1S/C17H29NO2/c1-6-9-18-11-15(12-19-5)20-17-10-14(4)7-8-16(17)13(2)3/h7-8,10,13,15,18H,6,9,11-12H2,1-5H3. The molecule has 1 aromatic carbocycles. The van der Waals surface area contributed by atoms with Crippen LogP contribution in [0.1, 0.15) is 44.2 Å². The normalized spacial score (nSPS) is 12.7. The third-order valence-electron chi connectivity index (χ3n) is 3.24. The zero-order valence-corrected chi connectivity index (χ0v) is 13.5. The van der Waals surface area contributed by atoms with Gasteiger partial charge in [-0.05, 0) is 43.0 Å². The molecule has 0 aliphatic carbocycles. The van der Waals surface area contributed by atoms with Gasteiger partial charge in [0.15, 0.2) is 0 Å². The van der Waals surface area contributed by atoms with Gasteiger partial charge in [0.25, 0.3) is 0 Å². The third-order valence-corrected chi connectivity index (χ3v) is 3.24. The molecule has 0 bridgehead atoms. The number of ether oxygens (including phenoxy) is 2. The van der Waals surface area contributed by atoms with Crippen LogP contribution in [0.4, 0.5) is 0 Å². The van der Waals surface area contributed by atoms with Crippen molar-refractivity contribution in [2.75, 3.05) is 26.8 Å². The Labute approximate surface area is 123 Å². The Bertz CT molecular complexity index is 391. The quantitative estimate of drug-likeness (QED) is 0.702. The lowest BCUT2D eigenvalue weighted by Gasteiger charge is -2.22. The first-order chi connectivity index (χ1) is 9.58. The molecule has 1 unspecified atom stereocenters. The zero-order valence-electron chi connectivity index (χ0n) is 13.5. The van der Waals surface area contributed by atoms with Crippen LogP contribution in [0.25, 0.3) is 0 Å². The molecule has 20 heavy (non-hydrogen) atoms. The molecular formula is C17H29NO2. The Morgan fingerprint density at radius 3 is 2.60 bits per heavy atom. The molecule has 0 radical (unpaired) electrons. The van der Waals surface area contributed by atoms with Gasteiger partial charge in [0.2, 0.25) is 0 Å². The van der Waals surface area contributed by atoms with Crippen LogP contribution >= 0.6 is 0 Å². The van der Waals surface area contributed by atoms with Gasteiger partial charge < -0.3 is 14.8 Å². The van der Waals surface area contributed by atoms with E-state index in [0.717, 1.165) is 25.3 Å². The van der Waals surface area contributed by atoms with Crippen molar-refractivity contribution in [3.05, 3.63) is 29.3 Å². The van der Waals surface area contributed by atoms with Gasteiger partial charge in [0.1, 0.15) is 11.9 Å². The average molecular weight is 279 g/mol. The predicted octanol–water partition coefficient (Wildman–Crippen LogP) is 3.51. The van der Waals surface area contributed by atoms with E-state index in [1.807, 2.05) is 0 Å². The van der Waals surface area contributed by atoms with E-state index in [1.54, 1.807) is 7.11 Å². The van der Waals surface area contributed by atoms with E-state index < -0.39 is 0 Å². The lowest BCUT2D eigenvalue weighted by molar-refractivity contribution is 0.0799. The fraction of sp³-hybridized carbons (Fsp3) is 0.647. The van der Waals surface area contributed by atoms with E-state index in [9.17, 15) is 0 Å². The number of aryl methyl sites for hydroxylation is 1. The molecule has 0 saturated carbocycles. The summed E-state index contributed by atoms with van der Waals surface area (Å²) in [5, 5.41) is 3.40. The van der Waals surface area contributed by atoms with Gasteiger partial charge in [-0.1, -0.05) is 32.9 Å². The summed E-state index contributed by atoms with van der Waals surface area (Å²) in [6.07, 6.45) is 1.17. The zero-order chi connectivity index (χ0) is 15.0. The summed E-state index contributed by atoms with van der Waals surface area (Å²) >= 11 is 0.